The van der Waals surface area contributed by atoms with E-state index in [9.17, 15) is 4.79 Å². The Morgan fingerprint density at radius 1 is 1.28 bits per heavy atom. The minimum Gasteiger partial charge on any atom is -0.355 e. The molecular weight excluding hydrogens is 222 g/mol. The largest absolute Gasteiger partial charge is 0.355 e. The summed E-state index contributed by atoms with van der Waals surface area (Å²) in [5, 5.41) is 3.13. The van der Waals surface area contributed by atoms with Gasteiger partial charge in [0, 0.05) is 12.5 Å². The van der Waals surface area contributed by atoms with Gasteiger partial charge in [-0.05, 0) is 31.6 Å². The first kappa shape index (κ1) is 17.2. The van der Waals surface area contributed by atoms with Crippen LogP contribution < -0.4 is 5.32 Å². The van der Waals surface area contributed by atoms with Crippen LogP contribution in [0.3, 0.4) is 0 Å². The van der Waals surface area contributed by atoms with Crippen LogP contribution in [0.5, 0.6) is 0 Å². The first-order valence-corrected chi connectivity index (χ1v) is 7.38. The number of hydrogen-bond acceptors (Lipinski definition) is 1. The Bertz CT molecular complexity index is 252. The molecule has 0 bridgehead atoms. The predicted octanol–water partition coefficient (Wildman–Crippen LogP) is 4.31. The highest BCUT2D eigenvalue weighted by atomic mass is 16.1. The number of rotatable bonds is 9. The zero-order chi connectivity index (χ0) is 14.0. The molecular formula is C16H31NO. The van der Waals surface area contributed by atoms with Crippen LogP contribution in [0.4, 0.5) is 0 Å². The molecule has 18 heavy (non-hydrogen) atoms. The second-order valence-electron chi connectivity index (χ2n) is 5.73. The van der Waals surface area contributed by atoms with Gasteiger partial charge in [0.1, 0.15) is 0 Å². The summed E-state index contributed by atoms with van der Waals surface area (Å²) in [7, 11) is 0. The van der Waals surface area contributed by atoms with Gasteiger partial charge in [0.25, 0.3) is 0 Å². The fraction of sp³-hybridized carbons (Fsp3) is 0.812. The van der Waals surface area contributed by atoms with Gasteiger partial charge in [-0.15, -0.1) is 0 Å². The summed E-state index contributed by atoms with van der Waals surface area (Å²) < 4.78 is 0. The van der Waals surface area contributed by atoms with Crippen molar-refractivity contribution in [1.29, 1.82) is 0 Å². The third-order valence-electron chi connectivity index (χ3n) is 3.57. The third kappa shape index (κ3) is 6.83. The molecule has 0 aliphatic rings. The summed E-state index contributed by atoms with van der Waals surface area (Å²) in [6, 6.07) is 0. The van der Waals surface area contributed by atoms with Gasteiger partial charge < -0.3 is 5.32 Å². The van der Waals surface area contributed by atoms with Gasteiger partial charge in [0.2, 0.25) is 5.91 Å². The summed E-state index contributed by atoms with van der Waals surface area (Å²) >= 11 is 0. The average Bonchev–Trinajstić information content (AvgIpc) is 2.33. The van der Waals surface area contributed by atoms with Crippen molar-refractivity contribution >= 4 is 5.91 Å². The van der Waals surface area contributed by atoms with Crippen molar-refractivity contribution < 1.29 is 4.79 Å². The molecule has 0 aliphatic carbocycles. The monoisotopic (exact) mass is 253 g/mol. The molecule has 1 N–H and O–H groups in total. The van der Waals surface area contributed by atoms with Crippen LogP contribution in [0.2, 0.25) is 0 Å². The Morgan fingerprint density at radius 3 is 2.28 bits per heavy atom. The minimum absolute atomic E-state index is 0.0775. The number of nitrogens with one attached hydrogen (secondary N) is 1. The van der Waals surface area contributed by atoms with E-state index in [1.807, 2.05) is 19.9 Å². The molecule has 0 rings (SSSR count). The first-order valence-electron chi connectivity index (χ1n) is 7.38. The molecule has 0 heterocycles. The molecule has 2 heteroatoms. The van der Waals surface area contributed by atoms with E-state index in [4.69, 9.17) is 0 Å². The number of amides is 1. The highest BCUT2D eigenvalue weighted by Crippen LogP contribution is 2.28. The van der Waals surface area contributed by atoms with Crippen molar-refractivity contribution in [2.24, 2.45) is 11.3 Å². The molecule has 2 nitrogen and oxygen atoms in total. The third-order valence-corrected chi connectivity index (χ3v) is 3.57. The lowest BCUT2D eigenvalue weighted by Gasteiger charge is -2.29. The molecule has 0 aliphatic heterocycles. The number of carbonyl (C=O) groups excluding carboxylic acids is 1. The SMILES string of the molecule is C/C=C\CC(C)C(=O)NCC(C)(CCC)CCC. The summed E-state index contributed by atoms with van der Waals surface area (Å²) in [6.07, 6.45) is 9.62. The zero-order valence-corrected chi connectivity index (χ0v) is 12.9. The Morgan fingerprint density at radius 2 is 1.83 bits per heavy atom. The van der Waals surface area contributed by atoms with Crippen molar-refractivity contribution in [3.8, 4) is 0 Å². The lowest BCUT2D eigenvalue weighted by atomic mass is 9.81. The second kappa shape index (κ2) is 9.18. The zero-order valence-electron chi connectivity index (χ0n) is 12.9. The van der Waals surface area contributed by atoms with Crippen LogP contribution in [0.15, 0.2) is 12.2 Å². The van der Waals surface area contributed by atoms with Crippen LogP contribution in [0, 0.1) is 11.3 Å². The van der Waals surface area contributed by atoms with Crippen molar-refractivity contribution in [2.75, 3.05) is 6.54 Å². The van der Waals surface area contributed by atoms with Crippen molar-refractivity contribution in [2.45, 2.75) is 66.7 Å². The van der Waals surface area contributed by atoms with Crippen LogP contribution in [-0.4, -0.2) is 12.5 Å². The lowest BCUT2D eigenvalue weighted by Crippen LogP contribution is -2.38. The maximum absolute atomic E-state index is 12.0. The number of hydrogen-bond donors (Lipinski definition) is 1. The van der Waals surface area contributed by atoms with Gasteiger partial charge in [-0.25, -0.2) is 0 Å². The standard InChI is InChI=1S/C16H31NO/c1-6-9-10-14(4)15(18)17-13-16(5,11-7-2)12-8-3/h6,9,14H,7-8,10-13H2,1-5H3,(H,17,18)/b9-6-. The van der Waals surface area contributed by atoms with Crippen LogP contribution in [0.25, 0.3) is 0 Å². The van der Waals surface area contributed by atoms with Crippen molar-refractivity contribution in [3.63, 3.8) is 0 Å². The summed E-state index contributed by atoms with van der Waals surface area (Å²) in [6.45, 7) is 11.5. The maximum atomic E-state index is 12.0. The molecule has 0 fully saturated rings. The van der Waals surface area contributed by atoms with E-state index < -0.39 is 0 Å². The van der Waals surface area contributed by atoms with Crippen LogP contribution in [0.1, 0.15) is 66.7 Å². The fourth-order valence-corrected chi connectivity index (χ4v) is 2.43. The van der Waals surface area contributed by atoms with Gasteiger partial charge in [-0.1, -0.05) is 52.7 Å². The summed E-state index contributed by atoms with van der Waals surface area (Å²) in [4.78, 5) is 12.0. The van der Waals surface area contributed by atoms with Crippen LogP contribution >= 0.6 is 0 Å². The highest BCUT2D eigenvalue weighted by molar-refractivity contribution is 5.78. The van der Waals surface area contributed by atoms with Gasteiger partial charge in [0.15, 0.2) is 0 Å². The molecule has 0 saturated carbocycles. The van der Waals surface area contributed by atoms with Gasteiger partial charge in [-0.3, -0.25) is 4.79 Å². The molecule has 0 aromatic rings. The van der Waals surface area contributed by atoms with Gasteiger partial charge in [0.05, 0.1) is 0 Å². The van der Waals surface area contributed by atoms with E-state index in [1.54, 1.807) is 0 Å². The number of carbonyl (C=O) groups is 1. The summed E-state index contributed by atoms with van der Waals surface area (Å²) in [5.74, 6) is 0.264. The van der Waals surface area contributed by atoms with Crippen molar-refractivity contribution in [1.82, 2.24) is 5.32 Å². The number of allylic oxidation sites excluding steroid dienone is 2. The summed E-state index contributed by atoms with van der Waals surface area (Å²) in [5.41, 5.74) is 0.263. The quantitative estimate of drug-likeness (QED) is 0.609. The first-order chi connectivity index (χ1) is 8.49. The van der Waals surface area contributed by atoms with Crippen molar-refractivity contribution in [3.05, 3.63) is 12.2 Å². The molecule has 1 unspecified atom stereocenters. The van der Waals surface area contributed by atoms with E-state index in [2.05, 4.69) is 32.2 Å². The van der Waals surface area contributed by atoms with E-state index in [0.29, 0.717) is 0 Å². The highest BCUT2D eigenvalue weighted by Gasteiger charge is 2.23. The second-order valence-corrected chi connectivity index (χ2v) is 5.73. The normalized spacial score (nSPS) is 13.8. The Hall–Kier alpha value is -0.790. The Kier molecular flexibility index (Phi) is 8.78. The molecule has 0 spiro atoms. The molecule has 0 aromatic heterocycles. The van der Waals surface area contributed by atoms with Crippen LogP contribution in [-0.2, 0) is 4.79 Å². The van der Waals surface area contributed by atoms with E-state index in [1.165, 1.54) is 25.7 Å². The van der Waals surface area contributed by atoms with Gasteiger partial charge in [-0.2, -0.15) is 0 Å². The minimum atomic E-state index is 0.0775. The molecule has 0 radical (unpaired) electrons. The predicted molar refractivity (Wildman–Crippen MR) is 79.5 cm³/mol. The average molecular weight is 253 g/mol. The molecule has 1 amide bonds. The topological polar surface area (TPSA) is 29.1 Å². The maximum Gasteiger partial charge on any atom is 0.223 e. The van der Waals surface area contributed by atoms with E-state index in [0.717, 1.165) is 13.0 Å². The molecule has 1 atom stereocenters. The molecule has 106 valence electrons. The Balaban J connectivity index is 4.21. The fourth-order valence-electron chi connectivity index (χ4n) is 2.43. The van der Waals surface area contributed by atoms with Gasteiger partial charge >= 0.3 is 0 Å². The molecule has 0 saturated heterocycles. The van der Waals surface area contributed by atoms with E-state index >= 15 is 0 Å². The smallest absolute Gasteiger partial charge is 0.223 e. The Labute approximate surface area is 113 Å². The van der Waals surface area contributed by atoms with E-state index in [-0.39, 0.29) is 17.2 Å². The molecule has 0 aromatic carbocycles. The lowest BCUT2D eigenvalue weighted by molar-refractivity contribution is -0.124.